The van der Waals surface area contributed by atoms with Gasteiger partial charge in [0.25, 0.3) is 0 Å². The summed E-state index contributed by atoms with van der Waals surface area (Å²) >= 11 is 0. The van der Waals surface area contributed by atoms with E-state index in [4.69, 9.17) is 5.73 Å². The Hall–Kier alpha value is -2.30. The molecule has 0 bridgehead atoms. The summed E-state index contributed by atoms with van der Waals surface area (Å²) in [6.07, 6.45) is 3.57. The first-order valence-corrected chi connectivity index (χ1v) is 7.10. The summed E-state index contributed by atoms with van der Waals surface area (Å²) in [4.78, 5) is 16.8. The molecule has 1 atom stereocenters. The minimum atomic E-state index is -0.318. The van der Waals surface area contributed by atoms with Crippen molar-refractivity contribution in [2.24, 2.45) is 0 Å². The molecule has 2 rings (SSSR count). The van der Waals surface area contributed by atoms with Crippen molar-refractivity contribution in [1.82, 2.24) is 9.55 Å². The van der Waals surface area contributed by atoms with Gasteiger partial charge in [-0.2, -0.15) is 0 Å². The largest absolute Gasteiger partial charge is 0.399 e. The number of hydrogen-bond donors (Lipinski definition) is 2. The van der Waals surface area contributed by atoms with E-state index in [9.17, 15) is 4.79 Å². The Bertz CT molecular complexity index is 645. The predicted molar refractivity (Wildman–Crippen MR) is 85.2 cm³/mol. The number of nitrogens with two attached hydrogens (primary N) is 1. The molecule has 0 aliphatic rings. The quantitative estimate of drug-likeness (QED) is 0.848. The minimum absolute atomic E-state index is 0.0669. The van der Waals surface area contributed by atoms with Crippen molar-refractivity contribution in [3.8, 4) is 0 Å². The van der Waals surface area contributed by atoms with Crippen LogP contribution in [0.1, 0.15) is 44.1 Å². The molecule has 0 aliphatic heterocycles. The third-order valence-electron chi connectivity index (χ3n) is 3.52. The highest BCUT2D eigenvalue weighted by Gasteiger charge is 2.19. The highest BCUT2D eigenvalue weighted by molar-refractivity contribution is 5.94. The van der Waals surface area contributed by atoms with Gasteiger partial charge in [-0.25, -0.2) is 4.98 Å². The van der Waals surface area contributed by atoms with Gasteiger partial charge in [0.05, 0.1) is 0 Å². The van der Waals surface area contributed by atoms with Gasteiger partial charge in [-0.05, 0) is 37.6 Å². The fourth-order valence-corrected chi connectivity index (χ4v) is 2.29. The number of anilines is 2. The molecule has 1 amide bonds. The van der Waals surface area contributed by atoms with E-state index in [1.54, 1.807) is 12.3 Å². The average Bonchev–Trinajstić information content (AvgIpc) is 2.90. The molecule has 3 N–H and O–H groups in total. The van der Waals surface area contributed by atoms with Gasteiger partial charge >= 0.3 is 0 Å². The molecule has 0 aliphatic carbocycles. The summed E-state index contributed by atoms with van der Waals surface area (Å²) in [5.41, 5.74) is 8.15. The number of carbonyl (C=O) groups is 1. The zero-order valence-electron chi connectivity index (χ0n) is 12.9. The molecule has 1 heterocycles. The Labute approximate surface area is 125 Å². The standard InChI is InChI=1S/C16H22N4O/c1-10(2)15-18-7-8-20(15)12(4)16(21)19-14-6-5-13(17)9-11(14)3/h5-10,12H,17H2,1-4H3,(H,19,21). The van der Waals surface area contributed by atoms with Gasteiger partial charge in [0.15, 0.2) is 0 Å². The number of hydrogen-bond acceptors (Lipinski definition) is 3. The molecule has 5 nitrogen and oxygen atoms in total. The van der Waals surface area contributed by atoms with Gasteiger partial charge < -0.3 is 15.6 Å². The van der Waals surface area contributed by atoms with Gasteiger partial charge in [-0.15, -0.1) is 0 Å². The Morgan fingerprint density at radius 2 is 2.05 bits per heavy atom. The topological polar surface area (TPSA) is 72.9 Å². The molecule has 0 saturated carbocycles. The van der Waals surface area contributed by atoms with E-state index >= 15 is 0 Å². The molecule has 0 fully saturated rings. The highest BCUT2D eigenvalue weighted by atomic mass is 16.2. The van der Waals surface area contributed by atoms with Crippen molar-refractivity contribution in [2.45, 2.75) is 39.7 Å². The summed E-state index contributed by atoms with van der Waals surface area (Å²) in [6, 6.07) is 5.13. The van der Waals surface area contributed by atoms with Crippen molar-refractivity contribution < 1.29 is 4.79 Å². The summed E-state index contributed by atoms with van der Waals surface area (Å²) in [5, 5.41) is 2.95. The molecule has 21 heavy (non-hydrogen) atoms. The molecule has 5 heteroatoms. The Morgan fingerprint density at radius 3 is 2.67 bits per heavy atom. The van der Waals surface area contributed by atoms with Crippen LogP contribution in [0.2, 0.25) is 0 Å². The fourth-order valence-electron chi connectivity index (χ4n) is 2.29. The zero-order chi connectivity index (χ0) is 15.6. The van der Waals surface area contributed by atoms with E-state index in [-0.39, 0.29) is 17.9 Å². The number of aromatic nitrogens is 2. The molecule has 1 aromatic heterocycles. The van der Waals surface area contributed by atoms with Crippen LogP contribution in [-0.2, 0) is 4.79 Å². The second-order valence-electron chi connectivity index (χ2n) is 5.59. The Kier molecular flexibility index (Phi) is 4.31. The lowest BCUT2D eigenvalue weighted by Crippen LogP contribution is -2.25. The van der Waals surface area contributed by atoms with Crippen LogP contribution in [0.15, 0.2) is 30.6 Å². The first-order chi connectivity index (χ1) is 9.90. The van der Waals surface area contributed by atoms with Crippen LogP contribution in [0.3, 0.4) is 0 Å². The summed E-state index contributed by atoms with van der Waals surface area (Å²) in [6.45, 7) is 7.92. The van der Waals surface area contributed by atoms with Crippen LogP contribution >= 0.6 is 0 Å². The summed E-state index contributed by atoms with van der Waals surface area (Å²) in [5.74, 6) is 1.11. The lowest BCUT2D eigenvalue weighted by molar-refractivity contribution is -0.118. The third kappa shape index (κ3) is 3.24. The van der Waals surface area contributed by atoms with E-state index in [1.807, 2.05) is 36.7 Å². The number of benzene rings is 1. The van der Waals surface area contributed by atoms with Gasteiger partial charge in [-0.3, -0.25) is 4.79 Å². The van der Waals surface area contributed by atoms with Crippen molar-refractivity contribution >= 4 is 17.3 Å². The number of amides is 1. The zero-order valence-corrected chi connectivity index (χ0v) is 12.9. The lowest BCUT2D eigenvalue weighted by atomic mass is 10.1. The van der Waals surface area contributed by atoms with Crippen LogP contribution in [0.4, 0.5) is 11.4 Å². The van der Waals surface area contributed by atoms with E-state index < -0.39 is 0 Å². The van der Waals surface area contributed by atoms with Crippen molar-refractivity contribution in [3.63, 3.8) is 0 Å². The number of nitrogen functional groups attached to an aromatic ring is 1. The van der Waals surface area contributed by atoms with Gasteiger partial charge in [0.2, 0.25) is 5.91 Å². The van der Waals surface area contributed by atoms with Crippen molar-refractivity contribution in [3.05, 3.63) is 42.0 Å². The Balaban J connectivity index is 2.18. The highest BCUT2D eigenvalue weighted by Crippen LogP contribution is 2.21. The maximum atomic E-state index is 12.4. The summed E-state index contributed by atoms with van der Waals surface area (Å²) in [7, 11) is 0. The number of carbonyl (C=O) groups excluding carboxylic acids is 1. The molecule has 112 valence electrons. The lowest BCUT2D eigenvalue weighted by Gasteiger charge is -2.18. The maximum Gasteiger partial charge on any atom is 0.247 e. The molecule has 2 aromatic rings. The average molecular weight is 286 g/mol. The van der Waals surface area contributed by atoms with Crippen LogP contribution in [0.25, 0.3) is 0 Å². The van der Waals surface area contributed by atoms with Crippen LogP contribution in [0, 0.1) is 6.92 Å². The van der Waals surface area contributed by atoms with E-state index in [1.165, 1.54) is 0 Å². The smallest absolute Gasteiger partial charge is 0.247 e. The maximum absolute atomic E-state index is 12.4. The molecule has 1 unspecified atom stereocenters. The predicted octanol–water partition coefficient (Wildman–Crippen LogP) is 3.10. The van der Waals surface area contributed by atoms with Gasteiger partial charge in [0, 0.05) is 29.7 Å². The fraction of sp³-hybridized carbons (Fsp3) is 0.375. The number of imidazole rings is 1. The normalized spacial score (nSPS) is 12.4. The van der Waals surface area contributed by atoms with Gasteiger partial charge in [-0.1, -0.05) is 13.8 Å². The second-order valence-corrected chi connectivity index (χ2v) is 5.59. The molecule has 1 aromatic carbocycles. The number of nitrogens with one attached hydrogen (secondary N) is 1. The van der Waals surface area contributed by atoms with Crippen molar-refractivity contribution in [2.75, 3.05) is 11.1 Å². The minimum Gasteiger partial charge on any atom is -0.399 e. The van der Waals surface area contributed by atoms with E-state index in [0.29, 0.717) is 5.69 Å². The monoisotopic (exact) mass is 286 g/mol. The number of rotatable bonds is 4. The Morgan fingerprint density at radius 1 is 1.33 bits per heavy atom. The van der Waals surface area contributed by atoms with E-state index in [0.717, 1.165) is 17.1 Å². The first kappa shape index (κ1) is 15.1. The SMILES string of the molecule is Cc1cc(N)ccc1NC(=O)C(C)n1ccnc1C(C)C. The second kappa shape index (κ2) is 5.99. The molecule has 0 saturated heterocycles. The molecule has 0 radical (unpaired) electrons. The van der Waals surface area contributed by atoms with Crippen LogP contribution in [-0.4, -0.2) is 15.5 Å². The first-order valence-electron chi connectivity index (χ1n) is 7.10. The van der Waals surface area contributed by atoms with Gasteiger partial charge in [0.1, 0.15) is 11.9 Å². The third-order valence-corrected chi connectivity index (χ3v) is 3.52. The molecule has 0 spiro atoms. The number of nitrogens with zero attached hydrogens (tertiary/aromatic N) is 2. The van der Waals surface area contributed by atoms with Crippen LogP contribution < -0.4 is 11.1 Å². The number of aryl methyl sites for hydroxylation is 1. The van der Waals surface area contributed by atoms with Crippen LogP contribution in [0.5, 0.6) is 0 Å². The van der Waals surface area contributed by atoms with Crippen molar-refractivity contribution in [1.29, 1.82) is 0 Å². The summed E-state index contributed by atoms with van der Waals surface area (Å²) < 4.78 is 1.91. The molecular weight excluding hydrogens is 264 g/mol. The molecular formula is C16H22N4O. The van der Waals surface area contributed by atoms with E-state index in [2.05, 4.69) is 24.1 Å².